The molecule has 4 nitrogen and oxygen atoms in total. The molecule has 0 unspecified atom stereocenters. The predicted octanol–water partition coefficient (Wildman–Crippen LogP) is 4.45. The normalized spacial score (nSPS) is 10.3. The number of halogens is 4. The summed E-state index contributed by atoms with van der Waals surface area (Å²) in [5.41, 5.74) is 0.527. The van der Waals surface area contributed by atoms with Crippen LogP contribution >= 0.6 is 50.7 Å². The Labute approximate surface area is 132 Å². The number of anilines is 1. The van der Waals surface area contributed by atoms with Gasteiger partial charge >= 0.3 is 0 Å². The number of rotatable bonds is 2. The minimum Gasteiger partial charge on any atom is -0.317 e. The Morgan fingerprint density at radius 3 is 2.37 bits per heavy atom. The van der Waals surface area contributed by atoms with E-state index in [1.54, 1.807) is 12.1 Å². The first-order chi connectivity index (χ1) is 8.99. The molecule has 2 aromatic rings. The number of benzene rings is 1. The first-order valence-electron chi connectivity index (χ1n) is 4.91. The number of hydrogen-bond acceptors (Lipinski definition) is 3. The number of carbonyl (C=O) groups excluding carboxylic acids is 1. The van der Waals surface area contributed by atoms with Crippen LogP contribution in [0.2, 0.25) is 15.3 Å². The van der Waals surface area contributed by atoms with Crippen molar-refractivity contribution in [1.29, 1.82) is 0 Å². The molecule has 0 aliphatic carbocycles. The van der Waals surface area contributed by atoms with Crippen molar-refractivity contribution >= 4 is 62.3 Å². The van der Waals surface area contributed by atoms with Crippen LogP contribution in [0.25, 0.3) is 0 Å². The lowest BCUT2D eigenvalue weighted by Gasteiger charge is -2.08. The molecular weight excluding hydrogens is 376 g/mol. The Hall–Kier alpha value is -0.880. The SMILES string of the molecule is O=C(Nc1c(Cl)ncnc1Cl)c1ccc(Br)c(Cl)c1. The second kappa shape index (κ2) is 6.05. The molecule has 0 saturated heterocycles. The van der Waals surface area contributed by atoms with Gasteiger partial charge in [-0.15, -0.1) is 0 Å². The van der Waals surface area contributed by atoms with Crippen LogP contribution in [0.3, 0.4) is 0 Å². The maximum atomic E-state index is 12.0. The molecule has 0 bridgehead atoms. The smallest absolute Gasteiger partial charge is 0.255 e. The second-order valence-electron chi connectivity index (χ2n) is 3.41. The molecule has 8 heteroatoms. The Kier molecular flexibility index (Phi) is 4.62. The lowest BCUT2D eigenvalue weighted by Crippen LogP contribution is -2.13. The second-order valence-corrected chi connectivity index (χ2v) is 5.39. The third-order valence-electron chi connectivity index (χ3n) is 2.18. The minimum absolute atomic E-state index is 0.0663. The van der Waals surface area contributed by atoms with Gasteiger partial charge in [0.2, 0.25) is 0 Å². The van der Waals surface area contributed by atoms with E-state index in [0.717, 1.165) is 0 Å². The van der Waals surface area contributed by atoms with E-state index in [1.807, 2.05) is 0 Å². The summed E-state index contributed by atoms with van der Waals surface area (Å²) >= 11 is 20.8. The van der Waals surface area contributed by atoms with Crippen molar-refractivity contribution < 1.29 is 4.79 Å². The Bertz CT molecular complexity index is 631. The van der Waals surface area contributed by atoms with Gasteiger partial charge in [-0.3, -0.25) is 4.79 Å². The van der Waals surface area contributed by atoms with Crippen LogP contribution in [0.15, 0.2) is 29.0 Å². The van der Waals surface area contributed by atoms with Crippen LogP contribution in [0.5, 0.6) is 0 Å². The fourth-order valence-electron chi connectivity index (χ4n) is 1.27. The molecular formula is C11H5BrCl3N3O. The van der Waals surface area contributed by atoms with E-state index in [4.69, 9.17) is 34.8 Å². The van der Waals surface area contributed by atoms with E-state index in [-0.39, 0.29) is 16.0 Å². The molecule has 1 N–H and O–H groups in total. The third-order valence-corrected chi connectivity index (χ3v) is 3.98. The Morgan fingerprint density at radius 1 is 1.16 bits per heavy atom. The van der Waals surface area contributed by atoms with Crippen LogP contribution in [0.4, 0.5) is 5.69 Å². The summed E-state index contributed by atoms with van der Waals surface area (Å²) < 4.78 is 0.699. The van der Waals surface area contributed by atoms with Crippen molar-refractivity contribution in [2.75, 3.05) is 5.32 Å². The van der Waals surface area contributed by atoms with Crippen LogP contribution in [-0.2, 0) is 0 Å². The van der Waals surface area contributed by atoms with Gasteiger partial charge in [0.1, 0.15) is 12.0 Å². The number of aromatic nitrogens is 2. The van der Waals surface area contributed by atoms with Crippen molar-refractivity contribution in [2.24, 2.45) is 0 Å². The lowest BCUT2D eigenvalue weighted by atomic mass is 10.2. The molecule has 0 atom stereocenters. The monoisotopic (exact) mass is 379 g/mol. The molecule has 1 aromatic heterocycles. The average molecular weight is 381 g/mol. The van der Waals surface area contributed by atoms with Gasteiger partial charge in [0.05, 0.1) is 5.02 Å². The Morgan fingerprint density at radius 2 is 1.79 bits per heavy atom. The topological polar surface area (TPSA) is 54.9 Å². The predicted molar refractivity (Wildman–Crippen MR) is 79.2 cm³/mol. The maximum absolute atomic E-state index is 12.0. The first kappa shape index (κ1) is 14.5. The van der Waals surface area contributed by atoms with Gasteiger partial charge in [-0.05, 0) is 34.1 Å². The highest BCUT2D eigenvalue weighted by molar-refractivity contribution is 9.10. The molecule has 1 heterocycles. The summed E-state index contributed by atoms with van der Waals surface area (Å²) in [7, 11) is 0. The van der Waals surface area contributed by atoms with Gasteiger partial charge < -0.3 is 5.32 Å². The minimum atomic E-state index is -0.409. The summed E-state index contributed by atoms with van der Waals surface area (Å²) in [6.07, 6.45) is 1.21. The molecule has 1 amide bonds. The standard InChI is InChI=1S/C11H5BrCl3N3O/c12-6-2-1-5(3-7(6)13)11(19)18-8-9(14)16-4-17-10(8)15/h1-4H,(H,18,19). The fourth-order valence-corrected chi connectivity index (χ4v) is 2.11. The van der Waals surface area contributed by atoms with E-state index in [1.165, 1.54) is 12.4 Å². The highest BCUT2D eigenvalue weighted by atomic mass is 79.9. The summed E-state index contributed by atoms with van der Waals surface area (Å²) in [5, 5.41) is 3.10. The number of carbonyl (C=O) groups is 1. The highest BCUT2D eigenvalue weighted by Crippen LogP contribution is 2.27. The highest BCUT2D eigenvalue weighted by Gasteiger charge is 2.14. The van der Waals surface area contributed by atoms with E-state index in [2.05, 4.69) is 31.2 Å². The van der Waals surface area contributed by atoms with E-state index < -0.39 is 5.91 Å². The molecule has 98 valence electrons. The quantitative estimate of drug-likeness (QED) is 0.782. The van der Waals surface area contributed by atoms with Crippen LogP contribution < -0.4 is 5.32 Å². The number of nitrogens with one attached hydrogen (secondary N) is 1. The van der Waals surface area contributed by atoms with Gasteiger partial charge in [0.15, 0.2) is 10.3 Å². The molecule has 2 rings (SSSR count). The molecule has 0 saturated carbocycles. The number of hydrogen-bond donors (Lipinski definition) is 1. The zero-order valence-electron chi connectivity index (χ0n) is 9.12. The van der Waals surface area contributed by atoms with E-state index in [0.29, 0.717) is 15.1 Å². The number of amides is 1. The molecule has 0 aliphatic heterocycles. The maximum Gasteiger partial charge on any atom is 0.255 e. The van der Waals surface area contributed by atoms with Crippen molar-refractivity contribution in [3.63, 3.8) is 0 Å². The summed E-state index contributed by atoms with van der Waals surface area (Å²) in [6.45, 7) is 0. The number of nitrogens with zero attached hydrogens (tertiary/aromatic N) is 2. The summed E-state index contributed by atoms with van der Waals surface area (Å²) in [5.74, 6) is -0.409. The van der Waals surface area contributed by atoms with Gasteiger partial charge in [-0.2, -0.15) is 0 Å². The van der Waals surface area contributed by atoms with E-state index >= 15 is 0 Å². The van der Waals surface area contributed by atoms with Crippen molar-refractivity contribution in [3.8, 4) is 0 Å². The van der Waals surface area contributed by atoms with Gasteiger partial charge in [0.25, 0.3) is 5.91 Å². The molecule has 0 fully saturated rings. The zero-order valence-corrected chi connectivity index (χ0v) is 13.0. The Balaban J connectivity index is 2.28. The molecule has 0 aliphatic rings. The van der Waals surface area contributed by atoms with Gasteiger partial charge in [-0.25, -0.2) is 9.97 Å². The summed E-state index contributed by atoms with van der Waals surface area (Å²) in [4.78, 5) is 19.5. The molecule has 0 radical (unpaired) electrons. The average Bonchev–Trinajstić information content (AvgIpc) is 2.37. The summed E-state index contributed by atoms with van der Waals surface area (Å²) in [6, 6.07) is 4.80. The van der Waals surface area contributed by atoms with Crippen molar-refractivity contribution in [2.45, 2.75) is 0 Å². The zero-order chi connectivity index (χ0) is 14.0. The third kappa shape index (κ3) is 3.36. The molecule has 0 spiro atoms. The fraction of sp³-hybridized carbons (Fsp3) is 0. The molecule has 1 aromatic carbocycles. The van der Waals surface area contributed by atoms with Gasteiger partial charge in [0, 0.05) is 10.0 Å². The van der Waals surface area contributed by atoms with Crippen LogP contribution in [-0.4, -0.2) is 15.9 Å². The van der Waals surface area contributed by atoms with Crippen molar-refractivity contribution in [1.82, 2.24) is 9.97 Å². The van der Waals surface area contributed by atoms with Gasteiger partial charge in [-0.1, -0.05) is 34.8 Å². The lowest BCUT2D eigenvalue weighted by molar-refractivity contribution is 0.102. The molecule has 19 heavy (non-hydrogen) atoms. The largest absolute Gasteiger partial charge is 0.317 e. The van der Waals surface area contributed by atoms with Crippen molar-refractivity contribution in [3.05, 3.63) is 49.9 Å². The van der Waals surface area contributed by atoms with Crippen LogP contribution in [0.1, 0.15) is 10.4 Å². The first-order valence-corrected chi connectivity index (χ1v) is 6.84. The van der Waals surface area contributed by atoms with E-state index in [9.17, 15) is 4.79 Å². The van der Waals surface area contributed by atoms with Crippen LogP contribution in [0, 0.1) is 0 Å².